The molecule has 0 aromatic heterocycles. The molecule has 0 aromatic carbocycles. The van der Waals surface area contributed by atoms with E-state index in [0.29, 0.717) is 0 Å². The molecule has 0 aliphatic heterocycles. The highest BCUT2D eigenvalue weighted by atomic mass is 32.1. The number of hydrogen-bond acceptors (Lipinski definition) is 2. The highest BCUT2D eigenvalue weighted by molar-refractivity contribution is 7.80. The zero-order chi connectivity index (χ0) is 9.78. The molecule has 0 aliphatic rings. The molecule has 0 radical (unpaired) electrons. The van der Waals surface area contributed by atoms with Crippen LogP contribution >= 0.6 is 12.2 Å². The summed E-state index contributed by atoms with van der Waals surface area (Å²) in [6, 6.07) is -0.770. The first kappa shape index (κ1) is 11.4. The van der Waals surface area contributed by atoms with Crippen molar-refractivity contribution in [3.8, 4) is 0 Å². The number of rotatable bonds is 2. The minimum Gasteiger partial charge on any atom is -0.359 e. The Bertz CT molecular complexity index is 159. The zero-order valence-electron chi connectivity index (χ0n) is 6.40. The highest BCUT2D eigenvalue weighted by Gasteiger charge is 2.30. The predicted octanol–water partition coefficient (Wildman–Crippen LogP) is 0.665. The maximum absolute atomic E-state index is 11.7. The maximum atomic E-state index is 11.7. The molecule has 3 nitrogen and oxygen atoms in total. The Labute approximate surface area is 73.5 Å². The molecular weight excluding hydrogens is 191 g/mol. The second kappa shape index (κ2) is 4.46. The molecule has 0 rings (SSSR count). The van der Waals surface area contributed by atoms with Crippen LogP contribution in [0.15, 0.2) is 0 Å². The van der Waals surface area contributed by atoms with Crippen molar-refractivity contribution in [3.63, 3.8) is 0 Å². The molecule has 0 amide bonds. The van der Waals surface area contributed by atoms with E-state index in [1.54, 1.807) is 0 Å². The van der Waals surface area contributed by atoms with Gasteiger partial charge in [0.25, 0.3) is 0 Å². The fraction of sp³-hybridized carbons (Fsp3) is 0.800. The van der Waals surface area contributed by atoms with Crippen LogP contribution in [0.3, 0.4) is 0 Å². The second-order valence-electron chi connectivity index (χ2n) is 2.34. The van der Waals surface area contributed by atoms with E-state index >= 15 is 0 Å². The number of thiocarbonyl (C=S) groups is 1. The smallest absolute Gasteiger partial charge is 0.359 e. The quantitative estimate of drug-likeness (QED) is 0.349. The summed E-state index contributed by atoms with van der Waals surface area (Å²) in [6.07, 6.45) is -5.12. The van der Waals surface area contributed by atoms with Gasteiger partial charge in [-0.1, -0.05) is 0 Å². The minimum atomic E-state index is -4.18. The van der Waals surface area contributed by atoms with Gasteiger partial charge in [-0.2, -0.15) is 13.2 Å². The van der Waals surface area contributed by atoms with E-state index in [1.165, 1.54) is 6.92 Å². The standard InChI is InChI=1S/C5H10F3N3S/c1-3(2-5(6,7)8)10-4(12)11-9/h3H,2,9H2,1H3,(H2,10,11,12). The fourth-order valence-electron chi connectivity index (χ4n) is 0.664. The molecule has 1 atom stereocenters. The normalized spacial score (nSPS) is 13.8. The van der Waals surface area contributed by atoms with Crippen LogP contribution in [0.25, 0.3) is 0 Å². The molecule has 0 fully saturated rings. The molecule has 0 spiro atoms. The Balaban J connectivity index is 3.74. The number of hydrazine groups is 1. The van der Waals surface area contributed by atoms with Crippen LogP contribution in [-0.2, 0) is 0 Å². The number of alkyl halides is 3. The van der Waals surface area contributed by atoms with Crippen LogP contribution in [0.5, 0.6) is 0 Å². The lowest BCUT2D eigenvalue weighted by Gasteiger charge is -2.16. The molecule has 0 saturated heterocycles. The fourth-order valence-corrected chi connectivity index (χ4v) is 0.865. The second-order valence-corrected chi connectivity index (χ2v) is 2.75. The van der Waals surface area contributed by atoms with Crippen molar-refractivity contribution < 1.29 is 13.2 Å². The third-order valence-corrected chi connectivity index (χ3v) is 1.28. The van der Waals surface area contributed by atoms with Crippen LogP contribution < -0.4 is 16.6 Å². The van der Waals surface area contributed by atoms with Gasteiger partial charge in [-0.3, -0.25) is 0 Å². The van der Waals surface area contributed by atoms with Crippen LogP contribution in [0.1, 0.15) is 13.3 Å². The summed E-state index contributed by atoms with van der Waals surface area (Å²) in [5, 5.41) is 2.37. The average molecular weight is 201 g/mol. The monoisotopic (exact) mass is 201 g/mol. The summed E-state index contributed by atoms with van der Waals surface area (Å²) < 4.78 is 35.2. The summed E-state index contributed by atoms with van der Waals surface area (Å²) in [4.78, 5) is 0. The molecule has 7 heteroatoms. The van der Waals surface area contributed by atoms with Gasteiger partial charge in [0.05, 0.1) is 6.42 Å². The number of hydrogen-bond donors (Lipinski definition) is 3. The van der Waals surface area contributed by atoms with Crippen LogP contribution in [0.2, 0.25) is 0 Å². The van der Waals surface area contributed by atoms with Crippen molar-refractivity contribution >= 4 is 17.3 Å². The molecular formula is C5H10F3N3S. The average Bonchev–Trinajstić information content (AvgIpc) is 1.82. The van der Waals surface area contributed by atoms with E-state index in [0.717, 1.165) is 0 Å². The van der Waals surface area contributed by atoms with Gasteiger partial charge in [-0.05, 0) is 19.1 Å². The lowest BCUT2D eigenvalue weighted by Crippen LogP contribution is -2.45. The van der Waals surface area contributed by atoms with Crippen molar-refractivity contribution in [1.29, 1.82) is 0 Å². The molecule has 0 aliphatic carbocycles. The molecule has 0 heterocycles. The van der Waals surface area contributed by atoms with Crippen molar-refractivity contribution in [2.45, 2.75) is 25.6 Å². The Morgan fingerprint density at radius 2 is 2.08 bits per heavy atom. The summed E-state index contributed by atoms with van der Waals surface area (Å²) in [5.74, 6) is 4.85. The van der Waals surface area contributed by atoms with Crippen molar-refractivity contribution in [3.05, 3.63) is 0 Å². The number of nitrogens with two attached hydrogens (primary N) is 1. The number of halogens is 3. The number of nitrogens with one attached hydrogen (secondary N) is 2. The van der Waals surface area contributed by atoms with Crippen LogP contribution in [0, 0.1) is 0 Å². The lowest BCUT2D eigenvalue weighted by molar-refractivity contribution is -0.138. The van der Waals surface area contributed by atoms with Crippen molar-refractivity contribution in [2.75, 3.05) is 0 Å². The zero-order valence-corrected chi connectivity index (χ0v) is 7.22. The van der Waals surface area contributed by atoms with Gasteiger partial charge in [0.2, 0.25) is 0 Å². The Hall–Kier alpha value is -0.560. The Morgan fingerprint density at radius 3 is 2.42 bits per heavy atom. The first-order chi connectivity index (χ1) is 5.35. The molecule has 4 N–H and O–H groups in total. The third-order valence-electron chi connectivity index (χ3n) is 1.05. The van der Waals surface area contributed by atoms with Crippen molar-refractivity contribution in [2.24, 2.45) is 5.84 Å². The van der Waals surface area contributed by atoms with Crippen molar-refractivity contribution in [1.82, 2.24) is 10.7 Å². The molecule has 0 aromatic rings. The Kier molecular flexibility index (Phi) is 4.25. The van der Waals surface area contributed by atoms with E-state index < -0.39 is 18.6 Å². The molecule has 72 valence electrons. The van der Waals surface area contributed by atoms with Gasteiger partial charge in [-0.15, -0.1) is 0 Å². The summed E-state index contributed by atoms with van der Waals surface area (Å²) >= 11 is 4.51. The third kappa shape index (κ3) is 6.17. The maximum Gasteiger partial charge on any atom is 0.391 e. The Morgan fingerprint density at radius 1 is 1.58 bits per heavy atom. The lowest BCUT2D eigenvalue weighted by atomic mass is 10.2. The van der Waals surface area contributed by atoms with E-state index in [9.17, 15) is 13.2 Å². The summed E-state index contributed by atoms with van der Waals surface area (Å²) in [7, 11) is 0. The SMILES string of the molecule is CC(CC(F)(F)F)NC(=S)NN. The topological polar surface area (TPSA) is 50.1 Å². The first-order valence-corrected chi connectivity index (χ1v) is 3.60. The molecule has 0 bridgehead atoms. The van der Waals surface area contributed by atoms with Gasteiger partial charge in [-0.25, -0.2) is 5.84 Å². The van der Waals surface area contributed by atoms with Gasteiger partial charge in [0, 0.05) is 6.04 Å². The predicted molar refractivity (Wildman–Crippen MR) is 43.2 cm³/mol. The van der Waals surface area contributed by atoms with Gasteiger partial charge < -0.3 is 10.7 Å². The summed E-state index contributed by atoms with van der Waals surface area (Å²) in [6.45, 7) is 1.37. The first-order valence-electron chi connectivity index (χ1n) is 3.19. The molecule has 12 heavy (non-hydrogen) atoms. The van der Waals surface area contributed by atoms with Gasteiger partial charge in [0.15, 0.2) is 5.11 Å². The molecule has 1 unspecified atom stereocenters. The van der Waals surface area contributed by atoms with Crippen LogP contribution in [-0.4, -0.2) is 17.3 Å². The minimum absolute atomic E-state index is 0.00625. The van der Waals surface area contributed by atoms with E-state index in [4.69, 9.17) is 5.84 Å². The van der Waals surface area contributed by atoms with Crippen LogP contribution in [0.4, 0.5) is 13.2 Å². The molecule has 0 saturated carbocycles. The summed E-state index contributed by atoms with van der Waals surface area (Å²) in [5.41, 5.74) is 2.03. The van der Waals surface area contributed by atoms with E-state index in [-0.39, 0.29) is 5.11 Å². The van der Waals surface area contributed by atoms with E-state index in [1.807, 2.05) is 5.43 Å². The van der Waals surface area contributed by atoms with E-state index in [2.05, 4.69) is 17.5 Å². The largest absolute Gasteiger partial charge is 0.391 e. The van der Waals surface area contributed by atoms with Gasteiger partial charge in [0.1, 0.15) is 0 Å². The highest BCUT2D eigenvalue weighted by Crippen LogP contribution is 2.21. The van der Waals surface area contributed by atoms with Gasteiger partial charge >= 0.3 is 6.18 Å².